The number of ether oxygens (including phenoxy) is 1. The van der Waals surface area contributed by atoms with Crippen molar-refractivity contribution in [2.45, 2.75) is 64.5 Å². The number of carbonyl (C=O) groups is 1. The van der Waals surface area contributed by atoms with Gasteiger partial charge in [-0.1, -0.05) is 20.8 Å². The van der Waals surface area contributed by atoms with E-state index in [2.05, 4.69) is 32.6 Å². The average molecular weight is 257 g/mol. The third kappa shape index (κ3) is 3.23. The molecule has 1 aliphatic heterocycles. The standard InChI is InChI=1S/C14H27NO3/c1-5-13(4)11-14(8-9-18-13,10-12(16)17)15(6-2)7-3/h5-11H2,1-4H3,(H,16,17). The summed E-state index contributed by atoms with van der Waals surface area (Å²) in [5.74, 6) is -0.706. The van der Waals surface area contributed by atoms with E-state index in [1.165, 1.54) is 0 Å². The Morgan fingerprint density at radius 2 is 1.94 bits per heavy atom. The molecule has 1 N–H and O–H groups in total. The van der Waals surface area contributed by atoms with Gasteiger partial charge in [0.1, 0.15) is 0 Å². The fourth-order valence-electron chi connectivity index (χ4n) is 3.26. The Balaban J connectivity index is 2.99. The molecule has 4 nitrogen and oxygen atoms in total. The lowest BCUT2D eigenvalue weighted by Crippen LogP contribution is -2.58. The van der Waals surface area contributed by atoms with Gasteiger partial charge in [-0.15, -0.1) is 0 Å². The molecule has 2 atom stereocenters. The lowest BCUT2D eigenvalue weighted by molar-refractivity contribution is -0.154. The largest absolute Gasteiger partial charge is 0.481 e. The monoisotopic (exact) mass is 257 g/mol. The van der Waals surface area contributed by atoms with Gasteiger partial charge >= 0.3 is 5.97 Å². The maximum atomic E-state index is 11.2. The van der Waals surface area contributed by atoms with Crippen LogP contribution in [0.2, 0.25) is 0 Å². The van der Waals surface area contributed by atoms with Gasteiger partial charge in [-0.3, -0.25) is 9.69 Å². The van der Waals surface area contributed by atoms with Gasteiger partial charge in [0.05, 0.1) is 12.0 Å². The van der Waals surface area contributed by atoms with Crippen molar-refractivity contribution in [2.75, 3.05) is 19.7 Å². The molecule has 106 valence electrons. The van der Waals surface area contributed by atoms with Crippen LogP contribution >= 0.6 is 0 Å². The summed E-state index contributed by atoms with van der Waals surface area (Å²) in [4.78, 5) is 13.5. The van der Waals surface area contributed by atoms with Crippen LogP contribution in [0, 0.1) is 0 Å². The first-order valence-electron chi connectivity index (χ1n) is 7.02. The minimum atomic E-state index is -0.706. The number of aliphatic carboxylic acids is 1. The Labute approximate surface area is 110 Å². The Morgan fingerprint density at radius 1 is 1.33 bits per heavy atom. The van der Waals surface area contributed by atoms with Gasteiger partial charge in [0.2, 0.25) is 0 Å². The van der Waals surface area contributed by atoms with Crippen molar-refractivity contribution in [3.05, 3.63) is 0 Å². The highest BCUT2D eigenvalue weighted by Gasteiger charge is 2.46. The van der Waals surface area contributed by atoms with Gasteiger partial charge in [-0.25, -0.2) is 0 Å². The summed E-state index contributed by atoms with van der Waals surface area (Å²) < 4.78 is 5.87. The number of nitrogens with zero attached hydrogens (tertiary/aromatic N) is 1. The second-order valence-electron chi connectivity index (χ2n) is 5.55. The molecule has 0 saturated carbocycles. The molecule has 1 heterocycles. The van der Waals surface area contributed by atoms with E-state index in [-0.39, 0.29) is 17.6 Å². The highest BCUT2D eigenvalue weighted by atomic mass is 16.5. The van der Waals surface area contributed by atoms with Crippen LogP contribution in [-0.4, -0.2) is 46.8 Å². The normalized spacial score (nSPS) is 32.7. The highest BCUT2D eigenvalue weighted by molar-refractivity contribution is 5.68. The van der Waals surface area contributed by atoms with Crippen molar-refractivity contribution in [3.63, 3.8) is 0 Å². The number of hydrogen-bond donors (Lipinski definition) is 1. The molecule has 0 bridgehead atoms. The van der Waals surface area contributed by atoms with Crippen LogP contribution in [0.25, 0.3) is 0 Å². The number of rotatable bonds is 6. The van der Waals surface area contributed by atoms with E-state index in [4.69, 9.17) is 4.74 Å². The molecule has 0 radical (unpaired) electrons. The Kier molecular flexibility index (Phi) is 5.17. The van der Waals surface area contributed by atoms with E-state index in [9.17, 15) is 9.90 Å². The molecular weight excluding hydrogens is 230 g/mol. The van der Waals surface area contributed by atoms with Gasteiger partial charge in [-0.05, 0) is 39.3 Å². The van der Waals surface area contributed by atoms with Crippen LogP contribution in [0.1, 0.15) is 53.4 Å². The van der Waals surface area contributed by atoms with E-state index in [1.807, 2.05) is 0 Å². The number of carboxylic acids is 1. The Hall–Kier alpha value is -0.610. The molecule has 0 amide bonds. The summed E-state index contributed by atoms with van der Waals surface area (Å²) in [7, 11) is 0. The predicted octanol–water partition coefficient (Wildman–Crippen LogP) is 2.52. The summed E-state index contributed by atoms with van der Waals surface area (Å²) in [6, 6.07) is 0. The summed E-state index contributed by atoms with van der Waals surface area (Å²) >= 11 is 0. The molecule has 1 rings (SSSR count). The summed E-state index contributed by atoms with van der Waals surface area (Å²) in [5, 5.41) is 9.25. The number of carboxylic acid groups (broad SMARTS) is 1. The number of hydrogen-bond acceptors (Lipinski definition) is 3. The molecule has 2 unspecified atom stereocenters. The maximum Gasteiger partial charge on any atom is 0.305 e. The van der Waals surface area contributed by atoms with Crippen molar-refractivity contribution in [1.29, 1.82) is 0 Å². The maximum absolute atomic E-state index is 11.2. The zero-order valence-electron chi connectivity index (χ0n) is 12.2. The Bertz CT molecular complexity index is 291. The second-order valence-corrected chi connectivity index (χ2v) is 5.55. The average Bonchev–Trinajstić information content (AvgIpc) is 2.29. The van der Waals surface area contributed by atoms with Crippen molar-refractivity contribution in [2.24, 2.45) is 0 Å². The lowest BCUT2D eigenvalue weighted by atomic mass is 9.76. The van der Waals surface area contributed by atoms with E-state index in [0.717, 1.165) is 32.4 Å². The van der Waals surface area contributed by atoms with E-state index in [0.29, 0.717) is 6.61 Å². The molecule has 4 heteroatoms. The van der Waals surface area contributed by atoms with Crippen molar-refractivity contribution in [3.8, 4) is 0 Å². The molecule has 0 aromatic heterocycles. The zero-order chi connectivity index (χ0) is 13.8. The fourth-order valence-corrected chi connectivity index (χ4v) is 3.26. The smallest absolute Gasteiger partial charge is 0.305 e. The molecular formula is C14H27NO3. The van der Waals surface area contributed by atoms with E-state index in [1.54, 1.807) is 0 Å². The van der Waals surface area contributed by atoms with Crippen molar-refractivity contribution in [1.82, 2.24) is 4.90 Å². The topological polar surface area (TPSA) is 49.8 Å². The van der Waals surface area contributed by atoms with Crippen LogP contribution in [0.15, 0.2) is 0 Å². The minimum Gasteiger partial charge on any atom is -0.481 e. The zero-order valence-corrected chi connectivity index (χ0v) is 12.2. The van der Waals surface area contributed by atoms with Gasteiger partial charge in [-0.2, -0.15) is 0 Å². The molecule has 18 heavy (non-hydrogen) atoms. The molecule has 0 aromatic carbocycles. The van der Waals surface area contributed by atoms with Gasteiger partial charge < -0.3 is 9.84 Å². The quantitative estimate of drug-likeness (QED) is 0.794. The molecule has 0 aliphatic carbocycles. The SMILES string of the molecule is CCN(CC)C1(CC(=O)O)CCOC(C)(CC)C1. The third-order valence-electron chi connectivity index (χ3n) is 4.38. The second kappa shape index (κ2) is 6.02. The van der Waals surface area contributed by atoms with Gasteiger partial charge in [0.25, 0.3) is 0 Å². The summed E-state index contributed by atoms with van der Waals surface area (Å²) in [6.45, 7) is 10.9. The lowest BCUT2D eigenvalue weighted by Gasteiger charge is -2.51. The first-order chi connectivity index (χ1) is 8.41. The van der Waals surface area contributed by atoms with Crippen LogP contribution in [-0.2, 0) is 9.53 Å². The van der Waals surface area contributed by atoms with Gasteiger partial charge in [0, 0.05) is 12.1 Å². The van der Waals surface area contributed by atoms with E-state index < -0.39 is 5.97 Å². The van der Waals surface area contributed by atoms with Crippen LogP contribution < -0.4 is 0 Å². The molecule has 1 fully saturated rings. The van der Waals surface area contributed by atoms with E-state index >= 15 is 0 Å². The molecule has 0 spiro atoms. The predicted molar refractivity (Wildman–Crippen MR) is 71.8 cm³/mol. The highest BCUT2D eigenvalue weighted by Crippen LogP contribution is 2.40. The van der Waals surface area contributed by atoms with Gasteiger partial charge in [0.15, 0.2) is 0 Å². The molecule has 1 saturated heterocycles. The molecule has 1 aliphatic rings. The summed E-state index contributed by atoms with van der Waals surface area (Å²) in [5.41, 5.74) is -0.422. The van der Waals surface area contributed by atoms with Crippen LogP contribution in [0.4, 0.5) is 0 Å². The fraction of sp³-hybridized carbons (Fsp3) is 0.929. The summed E-state index contributed by atoms with van der Waals surface area (Å²) in [6.07, 6.45) is 2.77. The minimum absolute atomic E-state index is 0.184. The third-order valence-corrected chi connectivity index (χ3v) is 4.38. The van der Waals surface area contributed by atoms with Crippen LogP contribution in [0.3, 0.4) is 0 Å². The van der Waals surface area contributed by atoms with Crippen molar-refractivity contribution >= 4 is 5.97 Å². The Morgan fingerprint density at radius 3 is 2.39 bits per heavy atom. The van der Waals surface area contributed by atoms with Crippen molar-refractivity contribution < 1.29 is 14.6 Å². The molecule has 0 aromatic rings. The first-order valence-corrected chi connectivity index (χ1v) is 7.02. The first kappa shape index (κ1) is 15.4. The van der Waals surface area contributed by atoms with Crippen LogP contribution in [0.5, 0.6) is 0 Å².